The van der Waals surface area contributed by atoms with Gasteiger partial charge >= 0.3 is 0 Å². The molecule has 0 atom stereocenters. The SMILES string of the molecule is Cc1ccc(-c2ccc3ccccc3[n+]2CC(=O)c2ccccc2)cc1.Fc1c(F)c(F)c([B-](c2c(F)c(F)c(F)c(F)c2F)(c2c(F)c(F)c(F)c(F)c2F)c2c(F)c(F)c(F)c(F)c2F)c(F)c1F. The van der Waals surface area contributed by atoms with E-state index in [0.29, 0.717) is 6.54 Å². The number of halogens is 20. The maximum Gasteiger partial charge on any atom is 0.227 e. The highest BCUT2D eigenvalue weighted by Crippen LogP contribution is 2.31. The Hall–Kier alpha value is -7.72. The lowest BCUT2D eigenvalue weighted by Gasteiger charge is -2.44. The molecular weight excluding hydrogens is 997 g/mol. The van der Waals surface area contributed by atoms with E-state index in [4.69, 9.17) is 0 Å². The summed E-state index contributed by atoms with van der Waals surface area (Å²) >= 11 is 0. The van der Waals surface area contributed by atoms with Crippen molar-refractivity contribution in [3.63, 3.8) is 0 Å². The van der Waals surface area contributed by atoms with Crippen molar-refractivity contribution in [3.05, 3.63) is 218 Å². The van der Waals surface area contributed by atoms with Gasteiger partial charge in [0.2, 0.25) is 23.5 Å². The van der Waals surface area contributed by atoms with Gasteiger partial charge < -0.3 is 0 Å². The van der Waals surface area contributed by atoms with Crippen LogP contribution >= 0.6 is 0 Å². The predicted octanol–water partition coefficient (Wildman–Crippen LogP) is 10.8. The molecule has 8 aromatic rings. The largest absolute Gasteiger partial charge is 0.287 e. The number of pyridine rings is 1. The van der Waals surface area contributed by atoms with Crippen LogP contribution in [0, 0.1) is 123 Å². The van der Waals surface area contributed by atoms with E-state index in [-0.39, 0.29) is 5.78 Å². The van der Waals surface area contributed by atoms with Gasteiger partial charge in [0.25, 0.3) is 0 Å². The van der Waals surface area contributed by atoms with E-state index in [1.54, 1.807) is 0 Å². The lowest BCUT2D eigenvalue weighted by atomic mass is 9.12. The Balaban J connectivity index is 0.000000240. The lowest BCUT2D eigenvalue weighted by Crippen LogP contribution is -2.81. The van der Waals surface area contributed by atoms with Crippen molar-refractivity contribution in [1.29, 1.82) is 0 Å². The number of carbonyl (C=O) groups is 1. The number of fused-ring (bicyclic) bond motifs is 1. The number of aryl methyl sites for hydroxylation is 1. The number of benzene rings is 7. The molecule has 0 radical (unpaired) electrons. The monoisotopic (exact) mass is 1020 g/mol. The van der Waals surface area contributed by atoms with E-state index in [9.17, 15) is 57.5 Å². The number of aromatic nitrogens is 1. The minimum atomic E-state index is -7.22. The van der Waals surface area contributed by atoms with Crippen molar-refractivity contribution in [2.75, 3.05) is 0 Å². The zero-order valence-electron chi connectivity index (χ0n) is 34.9. The molecule has 7 aromatic carbocycles. The summed E-state index contributed by atoms with van der Waals surface area (Å²) in [6.07, 6.45) is -7.22. The van der Waals surface area contributed by atoms with E-state index >= 15 is 35.1 Å². The Morgan fingerprint density at radius 2 is 0.676 bits per heavy atom. The second kappa shape index (κ2) is 19.2. The van der Waals surface area contributed by atoms with Gasteiger partial charge in [-0.3, -0.25) is 4.79 Å². The van der Waals surface area contributed by atoms with Crippen LogP contribution in [-0.2, 0) is 6.54 Å². The summed E-state index contributed by atoms with van der Waals surface area (Å²) in [5, 5.41) is 1.13. The smallest absolute Gasteiger partial charge is 0.227 e. The standard InChI is InChI=1S/C24BF20.C24H20NO/c26-5-1(6(27)14(35)21(42)13(5)34)25(2-7(28)15(36)22(43)16(37)8(2)29,3-9(30)17(38)23(44)18(39)10(3)31)4-11(32)19(40)24(45)20(41)12(4)33;1-18-11-13-20(14-12-18)23-16-15-19-7-5-6-10-22(19)25(23)17-24(26)21-8-3-2-4-9-21/h;2-16H,17H2,1H3/q-1;+1. The van der Waals surface area contributed by atoms with Crippen molar-refractivity contribution in [2.24, 2.45) is 0 Å². The number of hydrogen-bond acceptors (Lipinski definition) is 1. The van der Waals surface area contributed by atoms with Crippen LogP contribution in [0.3, 0.4) is 0 Å². The van der Waals surface area contributed by atoms with E-state index in [0.717, 1.165) is 27.7 Å². The second-order valence-corrected chi connectivity index (χ2v) is 15.3. The third kappa shape index (κ3) is 8.19. The van der Waals surface area contributed by atoms with Crippen molar-refractivity contribution in [2.45, 2.75) is 13.5 Å². The fraction of sp³-hybridized carbons (Fsp3) is 0.0417. The second-order valence-electron chi connectivity index (χ2n) is 15.3. The normalized spacial score (nSPS) is 11.6. The number of para-hydroxylation sites is 1. The first kappa shape index (κ1) is 51.1. The molecule has 23 heteroatoms. The van der Waals surface area contributed by atoms with Gasteiger partial charge in [-0.05, 0) is 31.2 Å². The molecule has 0 aliphatic rings. The van der Waals surface area contributed by atoms with Gasteiger partial charge in [0.05, 0.1) is 0 Å². The van der Waals surface area contributed by atoms with Gasteiger partial charge in [-0.1, -0.05) is 60.2 Å². The zero-order chi connectivity index (χ0) is 52.3. The van der Waals surface area contributed by atoms with E-state index in [1.165, 1.54) is 5.56 Å². The van der Waals surface area contributed by atoms with Crippen LogP contribution in [-0.4, -0.2) is 11.9 Å². The van der Waals surface area contributed by atoms with Gasteiger partial charge in [0.15, 0.2) is 69.8 Å². The molecular formula is C48H20BF20NO. The quantitative estimate of drug-likeness (QED) is 0.0371. The van der Waals surface area contributed by atoms with Crippen molar-refractivity contribution in [3.8, 4) is 11.3 Å². The van der Waals surface area contributed by atoms with Crippen LogP contribution in [0.2, 0.25) is 0 Å². The fourth-order valence-corrected chi connectivity index (χ4v) is 8.14. The molecule has 0 amide bonds. The van der Waals surface area contributed by atoms with E-state index in [2.05, 4.69) is 60.0 Å². The predicted molar refractivity (Wildman–Crippen MR) is 214 cm³/mol. The summed E-state index contributed by atoms with van der Waals surface area (Å²) in [5.74, 6) is -71.3. The number of Topliss-reactive ketones (excluding diaryl/α,β-unsaturated/α-hetero) is 1. The van der Waals surface area contributed by atoms with Crippen molar-refractivity contribution >= 4 is 44.7 Å². The number of hydrogen-bond donors (Lipinski definition) is 0. The molecule has 1 aromatic heterocycles. The molecule has 0 saturated carbocycles. The highest BCUT2D eigenvalue weighted by molar-refractivity contribution is 7.20. The molecule has 0 aliphatic carbocycles. The number of nitrogens with zero attached hydrogens (tertiary/aromatic N) is 1. The van der Waals surface area contributed by atoms with Crippen LogP contribution in [0.25, 0.3) is 22.2 Å². The first-order valence-corrected chi connectivity index (χ1v) is 19.7. The minimum Gasteiger partial charge on any atom is -0.287 e. The summed E-state index contributed by atoms with van der Waals surface area (Å²) in [4.78, 5) is 12.9. The highest BCUT2D eigenvalue weighted by Gasteiger charge is 2.52. The van der Waals surface area contributed by atoms with Gasteiger partial charge in [0, 0.05) is 28.6 Å². The van der Waals surface area contributed by atoms with Gasteiger partial charge in [-0.2, -0.15) is 4.57 Å². The molecule has 0 spiro atoms. The Morgan fingerprint density at radius 1 is 0.366 bits per heavy atom. The van der Waals surface area contributed by atoms with Crippen molar-refractivity contribution < 1.29 is 97.2 Å². The van der Waals surface area contributed by atoms with Crippen LogP contribution in [0.5, 0.6) is 0 Å². The third-order valence-electron chi connectivity index (χ3n) is 11.4. The molecule has 0 unspecified atom stereocenters. The first-order valence-electron chi connectivity index (χ1n) is 19.7. The molecule has 71 heavy (non-hydrogen) atoms. The van der Waals surface area contributed by atoms with Crippen molar-refractivity contribution in [1.82, 2.24) is 0 Å². The molecule has 1 heterocycles. The lowest BCUT2D eigenvalue weighted by molar-refractivity contribution is -0.646. The van der Waals surface area contributed by atoms with Gasteiger partial charge in [0.1, 0.15) is 52.7 Å². The van der Waals surface area contributed by atoms with E-state index in [1.807, 2.05) is 42.5 Å². The first-order chi connectivity index (χ1) is 33.4. The number of ketones is 1. The Bertz CT molecular complexity index is 3100. The fourth-order valence-electron chi connectivity index (χ4n) is 8.14. The van der Waals surface area contributed by atoms with Crippen LogP contribution in [0.1, 0.15) is 15.9 Å². The van der Waals surface area contributed by atoms with Crippen LogP contribution in [0.15, 0.2) is 91.0 Å². The minimum absolute atomic E-state index is 0.111. The Labute approximate surface area is 384 Å². The molecule has 0 fully saturated rings. The number of rotatable bonds is 8. The summed E-state index contributed by atoms with van der Waals surface area (Å²) in [6.45, 7) is 2.39. The molecule has 2 nitrogen and oxygen atoms in total. The summed E-state index contributed by atoms with van der Waals surface area (Å²) in [5.41, 5.74) is -9.14. The maximum atomic E-state index is 15.4. The maximum absolute atomic E-state index is 15.4. The Morgan fingerprint density at radius 3 is 1.03 bits per heavy atom. The molecule has 0 saturated heterocycles. The molecule has 0 bridgehead atoms. The highest BCUT2D eigenvalue weighted by atomic mass is 19.2. The zero-order valence-corrected chi connectivity index (χ0v) is 34.9. The third-order valence-corrected chi connectivity index (χ3v) is 11.4. The number of carbonyl (C=O) groups excluding carboxylic acids is 1. The van der Waals surface area contributed by atoms with Gasteiger partial charge in [-0.15, -0.1) is 21.9 Å². The summed E-state index contributed by atoms with van der Waals surface area (Å²) in [6, 6.07) is 30.3. The average molecular weight is 1020 g/mol. The van der Waals surface area contributed by atoms with Crippen LogP contribution in [0.4, 0.5) is 87.8 Å². The average Bonchev–Trinajstić information content (AvgIpc) is 3.37. The molecule has 0 N–H and O–H groups in total. The summed E-state index contributed by atoms with van der Waals surface area (Å²) in [7, 11) is 0. The Kier molecular flexibility index (Phi) is 13.9. The van der Waals surface area contributed by atoms with Gasteiger partial charge in [-0.25, -0.2) is 87.8 Å². The molecule has 8 rings (SSSR count). The molecule has 0 aliphatic heterocycles. The topological polar surface area (TPSA) is 20.9 Å². The summed E-state index contributed by atoms with van der Waals surface area (Å²) < 4.78 is 296. The van der Waals surface area contributed by atoms with Crippen LogP contribution < -0.4 is 26.4 Å². The van der Waals surface area contributed by atoms with E-state index < -0.39 is 144 Å². The molecule has 366 valence electrons.